The van der Waals surface area contributed by atoms with E-state index in [2.05, 4.69) is 10.5 Å². The number of hydrogen-bond donors (Lipinski definition) is 1. The molecule has 0 heterocycles. The Morgan fingerprint density at radius 2 is 1.50 bits per heavy atom. The minimum absolute atomic E-state index is 0.323. The van der Waals surface area contributed by atoms with E-state index in [0.717, 1.165) is 21.7 Å². The average Bonchev–Trinajstić information content (AvgIpc) is 2.94. The molecule has 0 unspecified atom stereocenters. The van der Waals surface area contributed by atoms with Gasteiger partial charge in [0.2, 0.25) is 10.0 Å². The number of hydrazone groups is 1. The fourth-order valence-electron chi connectivity index (χ4n) is 3.76. The quantitative estimate of drug-likeness (QED) is 0.174. The molecule has 0 aromatic heterocycles. The molecule has 0 saturated carbocycles. The maximum Gasteiger partial charge on any atom is 0.263 e. The summed E-state index contributed by atoms with van der Waals surface area (Å²) in [7, 11) is -3.78. The third-order valence-corrected chi connectivity index (χ3v) is 7.24. The summed E-state index contributed by atoms with van der Waals surface area (Å²) >= 11 is 5.90. The van der Waals surface area contributed by atoms with Gasteiger partial charge in [-0.25, -0.2) is 13.8 Å². The maximum absolute atomic E-state index is 12.8. The maximum atomic E-state index is 12.8. The molecule has 8 nitrogen and oxygen atoms in total. The highest BCUT2D eigenvalue weighted by Gasteiger charge is 2.29. The molecule has 4 aromatic rings. The molecule has 0 aliphatic rings. The van der Waals surface area contributed by atoms with Crippen LogP contribution in [0, 0.1) is 0 Å². The van der Waals surface area contributed by atoms with Gasteiger partial charge < -0.3 is 9.47 Å². The number of rotatable bonds is 11. The molecule has 1 atom stereocenters. The molecule has 10 heteroatoms. The molecule has 40 heavy (non-hydrogen) atoms. The zero-order chi connectivity index (χ0) is 28.5. The van der Waals surface area contributed by atoms with Gasteiger partial charge in [-0.05, 0) is 90.8 Å². The minimum atomic E-state index is -3.78. The Morgan fingerprint density at radius 3 is 2.12 bits per heavy atom. The lowest BCUT2D eigenvalue weighted by Gasteiger charge is -2.27. The Bertz CT molecular complexity index is 1540. The monoisotopic (exact) mass is 577 g/mol. The van der Waals surface area contributed by atoms with Crippen molar-refractivity contribution < 1.29 is 22.7 Å². The molecular formula is C30H28ClN3O5S. The lowest BCUT2D eigenvalue weighted by atomic mass is 10.2. The van der Waals surface area contributed by atoms with Gasteiger partial charge in [-0.1, -0.05) is 41.9 Å². The van der Waals surface area contributed by atoms with E-state index in [4.69, 9.17) is 21.1 Å². The topological polar surface area (TPSA) is 97.3 Å². The summed E-state index contributed by atoms with van der Waals surface area (Å²) in [5.74, 6) is 1.27. The smallest absolute Gasteiger partial charge is 0.263 e. The summed E-state index contributed by atoms with van der Waals surface area (Å²) in [5.41, 5.74) is 4.46. The largest absolute Gasteiger partial charge is 0.489 e. The number of halogens is 1. The van der Waals surface area contributed by atoms with Crippen molar-refractivity contribution in [1.29, 1.82) is 0 Å². The standard InChI is InChI=1S/C30H28ClN3O5S/c1-22(34(40(2,36)37)26-14-18-29(19-15-26)39-28-6-4-3-5-7-28)30(35)33-32-20-23-10-16-27(17-11-23)38-21-24-8-12-25(31)13-9-24/h3-20,22H,21H2,1-2H3,(H,33,35)/b32-20-/t22-/m1/s1. The first-order valence-corrected chi connectivity index (χ1v) is 14.5. The first kappa shape index (κ1) is 28.7. The third kappa shape index (κ3) is 8.08. The van der Waals surface area contributed by atoms with Crippen molar-refractivity contribution in [2.45, 2.75) is 19.6 Å². The van der Waals surface area contributed by atoms with Crippen LogP contribution in [0.3, 0.4) is 0 Å². The van der Waals surface area contributed by atoms with Crippen molar-refractivity contribution in [2.24, 2.45) is 5.10 Å². The minimum Gasteiger partial charge on any atom is -0.489 e. The number of carbonyl (C=O) groups excluding carboxylic acids is 1. The predicted octanol–water partition coefficient (Wildman–Crippen LogP) is 6.02. The van der Waals surface area contributed by atoms with E-state index in [-0.39, 0.29) is 0 Å². The predicted molar refractivity (Wildman–Crippen MR) is 158 cm³/mol. The molecule has 4 aromatic carbocycles. The number of sulfonamides is 1. The zero-order valence-electron chi connectivity index (χ0n) is 21.9. The van der Waals surface area contributed by atoms with Gasteiger partial charge in [-0.15, -0.1) is 0 Å². The summed E-state index contributed by atoms with van der Waals surface area (Å²) in [6, 6.07) is 29.2. The summed E-state index contributed by atoms with van der Waals surface area (Å²) in [4.78, 5) is 12.8. The molecule has 0 saturated heterocycles. The molecule has 0 aliphatic carbocycles. The number of hydrogen-bond acceptors (Lipinski definition) is 6. The second kappa shape index (κ2) is 13.1. The van der Waals surface area contributed by atoms with Crippen LogP contribution in [0.15, 0.2) is 108 Å². The molecule has 0 aliphatic heterocycles. The van der Waals surface area contributed by atoms with E-state index in [9.17, 15) is 13.2 Å². The van der Waals surface area contributed by atoms with Crippen molar-refractivity contribution in [3.8, 4) is 17.2 Å². The first-order valence-electron chi connectivity index (χ1n) is 12.3. The number of para-hydroxylation sites is 1. The van der Waals surface area contributed by atoms with Crippen LogP contribution in [-0.4, -0.2) is 32.8 Å². The van der Waals surface area contributed by atoms with Crippen LogP contribution in [0.25, 0.3) is 0 Å². The van der Waals surface area contributed by atoms with Crippen LogP contribution in [-0.2, 0) is 21.4 Å². The van der Waals surface area contributed by atoms with Gasteiger partial charge in [-0.3, -0.25) is 9.10 Å². The second-order valence-electron chi connectivity index (χ2n) is 8.86. The van der Waals surface area contributed by atoms with E-state index >= 15 is 0 Å². The Balaban J connectivity index is 1.34. The van der Waals surface area contributed by atoms with Gasteiger partial charge in [0, 0.05) is 5.02 Å². The van der Waals surface area contributed by atoms with Gasteiger partial charge in [0.15, 0.2) is 0 Å². The van der Waals surface area contributed by atoms with Crippen molar-refractivity contribution >= 4 is 39.4 Å². The van der Waals surface area contributed by atoms with Crippen molar-refractivity contribution in [2.75, 3.05) is 10.6 Å². The molecule has 4 rings (SSSR count). The van der Waals surface area contributed by atoms with Crippen LogP contribution < -0.4 is 19.2 Å². The lowest BCUT2D eigenvalue weighted by Crippen LogP contribution is -2.46. The van der Waals surface area contributed by atoms with Gasteiger partial charge in [0.05, 0.1) is 18.2 Å². The summed E-state index contributed by atoms with van der Waals surface area (Å²) in [6.45, 7) is 1.89. The van der Waals surface area contributed by atoms with E-state index in [1.165, 1.54) is 13.1 Å². The van der Waals surface area contributed by atoms with E-state index in [1.54, 1.807) is 48.5 Å². The zero-order valence-corrected chi connectivity index (χ0v) is 23.5. The number of anilines is 1. The molecule has 0 fully saturated rings. The molecular weight excluding hydrogens is 550 g/mol. The number of ether oxygens (including phenoxy) is 2. The first-order chi connectivity index (χ1) is 19.2. The SMILES string of the molecule is C[C@H](C(=O)N/N=C\c1ccc(OCc2ccc(Cl)cc2)cc1)N(c1ccc(Oc2ccccc2)cc1)S(C)(=O)=O. The average molecular weight is 578 g/mol. The summed E-state index contributed by atoms with van der Waals surface area (Å²) in [5, 5.41) is 4.66. The van der Waals surface area contributed by atoms with E-state index in [1.807, 2.05) is 54.6 Å². The fourth-order valence-corrected chi connectivity index (χ4v) is 5.06. The molecule has 1 amide bonds. The third-order valence-electron chi connectivity index (χ3n) is 5.75. The number of nitrogens with zero attached hydrogens (tertiary/aromatic N) is 2. The highest BCUT2D eigenvalue weighted by Crippen LogP contribution is 2.27. The van der Waals surface area contributed by atoms with Crippen molar-refractivity contribution in [3.63, 3.8) is 0 Å². The second-order valence-corrected chi connectivity index (χ2v) is 11.2. The fraction of sp³-hybridized carbons (Fsp3) is 0.133. The van der Waals surface area contributed by atoms with Crippen LogP contribution >= 0.6 is 11.6 Å². The normalized spacial score (nSPS) is 12.1. The summed E-state index contributed by atoms with van der Waals surface area (Å²) < 4.78 is 37.8. The van der Waals surface area contributed by atoms with Crippen LogP contribution in [0.5, 0.6) is 17.2 Å². The Morgan fingerprint density at radius 1 is 0.900 bits per heavy atom. The molecule has 0 radical (unpaired) electrons. The van der Waals surface area contributed by atoms with E-state index < -0.39 is 22.0 Å². The Hall–Kier alpha value is -4.34. The van der Waals surface area contributed by atoms with Crippen LogP contribution in [0.2, 0.25) is 5.02 Å². The van der Waals surface area contributed by atoms with Crippen molar-refractivity contribution in [3.05, 3.63) is 119 Å². The van der Waals surface area contributed by atoms with Gasteiger partial charge >= 0.3 is 0 Å². The Labute approximate surface area is 238 Å². The number of benzene rings is 4. The number of nitrogens with one attached hydrogen (secondary N) is 1. The summed E-state index contributed by atoms with van der Waals surface area (Å²) in [6.07, 6.45) is 2.51. The van der Waals surface area contributed by atoms with Gasteiger partial charge in [0.1, 0.15) is 29.9 Å². The van der Waals surface area contributed by atoms with Crippen LogP contribution in [0.1, 0.15) is 18.1 Å². The molecule has 206 valence electrons. The molecule has 1 N–H and O–H groups in total. The molecule has 0 spiro atoms. The Kier molecular flexibility index (Phi) is 9.42. The highest BCUT2D eigenvalue weighted by atomic mass is 35.5. The highest BCUT2D eigenvalue weighted by molar-refractivity contribution is 7.92. The number of carbonyl (C=O) groups is 1. The lowest BCUT2D eigenvalue weighted by molar-refractivity contribution is -0.121. The van der Waals surface area contributed by atoms with Crippen LogP contribution in [0.4, 0.5) is 5.69 Å². The van der Waals surface area contributed by atoms with Gasteiger partial charge in [0.25, 0.3) is 5.91 Å². The molecule has 0 bridgehead atoms. The van der Waals surface area contributed by atoms with Gasteiger partial charge in [-0.2, -0.15) is 5.10 Å². The number of amides is 1. The van der Waals surface area contributed by atoms with E-state index in [0.29, 0.717) is 34.6 Å². The van der Waals surface area contributed by atoms with Crippen molar-refractivity contribution in [1.82, 2.24) is 5.43 Å².